The van der Waals surface area contributed by atoms with Crippen molar-refractivity contribution in [2.45, 2.75) is 78.7 Å². The molecule has 0 bridgehead atoms. The Balaban J connectivity index is 0.00000235. The SMILES string of the molecule is CC.CC(C)(C)OC(=O)N1CCC(COc2ccc(C3=CCC(C(=O)NCCCO)CC3)cc2F)CC1. The van der Waals surface area contributed by atoms with E-state index >= 15 is 0 Å². The fourth-order valence-corrected chi connectivity index (χ4v) is 4.40. The Morgan fingerprint density at radius 3 is 2.43 bits per heavy atom. The van der Waals surface area contributed by atoms with Gasteiger partial charge >= 0.3 is 6.09 Å². The largest absolute Gasteiger partial charge is 0.490 e. The number of hydrogen-bond acceptors (Lipinski definition) is 5. The number of nitrogens with one attached hydrogen (secondary N) is 1. The van der Waals surface area contributed by atoms with Crippen molar-refractivity contribution in [3.05, 3.63) is 35.7 Å². The number of rotatable bonds is 8. The number of nitrogens with zero attached hydrogens (tertiary/aromatic N) is 1. The van der Waals surface area contributed by atoms with E-state index in [1.54, 1.807) is 11.0 Å². The average molecular weight is 521 g/mol. The summed E-state index contributed by atoms with van der Waals surface area (Å²) >= 11 is 0. The molecule has 208 valence electrons. The molecule has 0 radical (unpaired) electrons. The van der Waals surface area contributed by atoms with E-state index in [1.807, 2.05) is 46.8 Å². The molecule has 1 fully saturated rings. The van der Waals surface area contributed by atoms with Gasteiger partial charge in [0.1, 0.15) is 5.60 Å². The summed E-state index contributed by atoms with van der Waals surface area (Å²) in [6, 6.07) is 5.06. The highest BCUT2D eigenvalue weighted by Gasteiger charge is 2.27. The third-order valence-electron chi connectivity index (χ3n) is 6.46. The summed E-state index contributed by atoms with van der Waals surface area (Å²) in [6.45, 7) is 11.7. The van der Waals surface area contributed by atoms with Crippen molar-refractivity contribution in [1.82, 2.24) is 10.2 Å². The van der Waals surface area contributed by atoms with E-state index < -0.39 is 11.4 Å². The van der Waals surface area contributed by atoms with E-state index in [1.165, 1.54) is 6.07 Å². The molecule has 2 amide bonds. The molecule has 37 heavy (non-hydrogen) atoms. The second-order valence-corrected chi connectivity index (χ2v) is 10.4. The Labute approximate surface area is 221 Å². The Kier molecular flexibility index (Phi) is 12.4. The first-order chi connectivity index (χ1) is 17.7. The van der Waals surface area contributed by atoms with Gasteiger partial charge in [0.2, 0.25) is 5.91 Å². The zero-order valence-corrected chi connectivity index (χ0v) is 23.1. The number of carbonyl (C=O) groups excluding carboxylic acids is 2. The summed E-state index contributed by atoms with van der Waals surface area (Å²) in [6.07, 6.45) is 5.94. The van der Waals surface area contributed by atoms with Crippen LogP contribution in [0.25, 0.3) is 5.57 Å². The molecule has 1 saturated heterocycles. The van der Waals surface area contributed by atoms with Crippen LogP contribution in [0.4, 0.5) is 9.18 Å². The van der Waals surface area contributed by atoms with Gasteiger partial charge in [-0.1, -0.05) is 26.0 Å². The van der Waals surface area contributed by atoms with Gasteiger partial charge in [0.05, 0.1) is 6.61 Å². The van der Waals surface area contributed by atoms with Crippen LogP contribution in [-0.2, 0) is 9.53 Å². The van der Waals surface area contributed by atoms with Crippen molar-refractivity contribution in [3.63, 3.8) is 0 Å². The molecule has 0 spiro atoms. The molecule has 0 aromatic heterocycles. The number of likely N-dealkylation sites (tertiary alicyclic amines) is 1. The van der Waals surface area contributed by atoms with Crippen LogP contribution in [-0.4, -0.2) is 60.5 Å². The predicted octanol–water partition coefficient (Wildman–Crippen LogP) is 5.56. The molecule has 1 aromatic carbocycles. The third kappa shape index (κ3) is 9.99. The van der Waals surface area contributed by atoms with E-state index in [0.29, 0.717) is 45.5 Å². The van der Waals surface area contributed by atoms with Crippen molar-refractivity contribution in [3.8, 4) is 5.75 Å². The second kappa shape index (κ2) is 15.0. The Bertz CT molecular complexity index is 904. The number of piperidine rings is 1. The number of aliphatic hydroxyl groups excluding tert-OH is 1. The van der Waals surface area contributed by atoms with E-state index in [2.05, 4.69) is 5.32 Å². The summed E-state index contributed by atoms with van der Waals surface area (Å²) in [7, 11) is 0. The van der Waals surface area contributed by atoms with Gasteiger partial charge in [-0.2, -0.15) is 0 Å². The number of allylic oxidation sites excluding steroid dienone is 2. The quantitative estimate of drug-likeness (QED) is 0.438. The number of aliphatic hydroxyl groups is 1. The smallest absolute Gasteiger partial charge is 0.410 e. The molecule has 7 nitrogen and oxygen atoms in total. The molecule has 1 unspecified atom stereocenters. The van der Waals surface area contributed by atoms with Gasteiger partial charge in [-0.05, 0) is 88.5 Å². The van der Waals surface area contributed by atoms with Crippen LogP contribution in [0.15, 0.2) is 24.3 Å². The lowest BCUT2D eigenvalue weighted by Crippen LogP contribution is -2.42. The van der Waals surface area contributed by atoms with Crippen molar-refractivity contribution in [2.24, 2.45) is 11.8 Å². The lowest BCUT2D eigenvalue weighted by Gasteiger charge is -2.33. The number of hydrogen-bond donors (Lipinski definition) is 2. The van der Waals surface area contributed by atoms with Crippen LogP contribution in [0.2, 0.25) is 0 Å². The Morgan fingerprint density at radius 2 is 1.86 bits per heavy atom. The van der Waals surface area contributed by atoms with Gasteiger partial charge in [0.25, 0.3) is 0 Å². The molecular formula is C29H45FN2O5. The minimum atomic E-state index is -0.509. The molecule has 1 aliphatic heterocycles. The van der Waals surface area contributed by atoms with Gasteiger partial charge < -0.3 is 24.8 Å². The van der Waals surface area contributed by atoms with Gasteiger partial charge in [-0.15, -0.1) is 0 Å². The van der Waals surface area contributed by atoms with Crippen molar-refractivity contribution in [1.29, 1.82) is 0 Å². The van der Waals surface area contributed by atoms with Gasteiger partial charge in [-0.3, -0.25) is 4.79 Å². The normalized spacial score (nSPS) is 18.3. The average Bonchev–Trinajstić information content (AvgIpc) is 2.88. The molecule has 0 saturated carbocycles. The maximum Gasteiger partial charge on any atom is 0.410 e. The van der Waals surface area contributed by atoms with E-state index in [9.17, 15) is 14.0 Å². The number of amides is 2. The number of halogens is 1. The summed E-state index contributed by atoms with van der Waals surface area (Å²) in [5.74, 6) is 0.0424. The topological polar surface area (TPSA) is 88.1 Å². The molecule has 1 aromatic rings. The summed E-state index contributed by atoms with van der Waals surface area (Å²) in [4.78, 5) is 26.1. The molecule has 1 atom stereocenters. The van der Waals surface area contributed by atoms with E-state index in [4.69, 9.17) is 14.6 Å². The highest BCUT2D eigenvalue weighted by molar-refractivity contribution is 5.80. The molecule has 3 rings (SSSR count). The van der Waals surface area contributed by atoms with Gasteiger partial charge in [0, 0.05) is 32.2 Å². The third-order valence-corrected chi connectivity index (χ3v) is 6.46. The number of carbonyl (C=O) groups is 2. The first-order valence-electron chi connectivity index (χ1n) is 13.6. The van der Waals surface area contributed by atoms with Crippen LogP contribution < -0.4 is 10.1 Å². The second-order valence-electron chi connectivity index (χ2n) is 10.4. The van der Waals surface area contributed by atoms with Crippen LogP contribution in [0, 0.1) is 17.7 Å². The number of ether oxygens (including phenoxy) is 2. The minimum absolute atomic E-state index is 0.0145. The van der Waals surface area contributed by atoms with Gasteiger partial charge in [0.15, 0.2) is 11.6 Å². The first kappa shape index (κ1) is 30.6. The lowest BCUT2D eigenvalue weighted by atomic mass is 9.86. The molecule has 2 aliphatic rings. The van der Waals surface area contributed by atoms with Crippen LogP contribution in [0.5, 0.6) is 5.75 Å². The van der Waals surface area contributed by atoms with Crippen LogP contribution in [0.1, 0.15) is 78.7 Å². The molecule has 8 heteroatoms. The lowest BCUT2D eigenvalue weighted by molar-refractivity contribution is -0.125. The molecule has 1 aliphatic carbocycles. The van der Waals surface area contributed by atoms with E-state index in [-0.39, 0.29) is 36.2 Å². The highest BCUT2D eigenvalue weighted by Crippen LogP contribution is 2.32. The zero-order chi connectivity index (χ0) is 27.4. The van der Waals surface area contributed by atoms with E-state index in [0.717, 1.165) is 30.4 Å². The predicted molar refractivity (Wildman–Crippen MR) is 144 cm³/mol. The maximum atomic E-state index is 14.8. The van der Waals surface area contributed by atoms with Crippen molar-refractivity contribution < 1.29 is 28.6 Å². The molecule has 2 N–H and O–H groups in total. The number of benzene rings is 1. The zero-order valence-electron chi connectivity index (χ0n) is 23.1. The van der Waals surface area contributed by atoms with Crippen LogP contribution >= 0.6 is 0 Å². The summed E-state index contributed by atoms with van der Waals surface area (Å²) < 4.78 is 26.0. The van der Waals surface area contributed by atoms with Crippen molar-refractivity contribution in [2.75, 3.05) is 32.8 Å². The van der Waals surface area contributed by atoms with Crippen LogP contribution in [0.3, 0.4) is 0 Å². The Hall–Kier alpha value is -2.61. The molecule has 1 heterocycles. The first-order valence-corrected chi connectivity index (χ1v) is 13.6. The monoisotopic (exact) mass is 520 g/mol. The fourth-order valence-electron chi connectivity index (χ4n) is 4.40. The van der Waals surface area contributed by atoms with Gasteiger partial charge in [-0.25, -0.2) is 9.18 Å². The van der Waals surface area contributed by atoms with Crippen molar-refractivity contribution >= 4 is 17.6 Å². The summed E-state index contributed by atoms with van der Waals surface area (Å²) in [5.41, 5.74) is 1.36. The standard InChI is InChI=1S/C27H39FN2O5.C2H6/c1-27(2,3)35-26(33)30-14-11-19(12-15-30)18-34-24-10-9-22(17-23(24)28)20-5-7-21(8-6-20)25(32)29-13-4-16-31;1-2/h5,9-10,17,19,21,31H,4,6-8,11-16,18H2,1-3H3,(H,29,32);1-2H3. The fraction of sp³-hybridized carbons (Fsp3) is 0.655. The minimum Gasteiger partial charge on any atom is -0.490 e. The highest BCUT2D eigenvalue weighted by atomic mass is 19.1. The molecular weight excluding hydrogens is 475 g/mol. The Morgan fingerprint density at radius 1 is 1.16 bits per heavy atom. The summed E-state index contributed by atoms with van der Waals surface area (Å²) in [5, 5.41) is 11.7. The maximum absolute atomic E-state index is 14.8.